The first-order valence-corrected chi connectivity index (χ1v) is 11.3. The lowest BCUT2D eigenvalue weighted by Gasteiger charge is -2.33. The van der Waals surface area contributed by atoms with Gasteiger partial charge in [-0.25, -0.2) is 0 Å². The van der Waals surface area contributed by atoms with E-state index in [0.29, 0.717) is 18.6 Å². The Balaban J connectivity index is 2.44. The van der Waals surface area contributed by atoms with Gasteiger partial charge in [0.15, 0.2) is 0 Å². The third-order valence-corrected chi connectivity index (χ3v) is 5.31. The number of halogens is 9. The Morgan fingerprint density at radius 1 is 0.865 bits per heavy atom. The number of hydrogen-bond donors (Lipinski definition) is 2. The van der Waals surface area contributed by atoms with Crippen molar-refractivity contribution in [3.63, 3.8) is 0 Å². The lowest BCUT2D eigenvalue weighted by atomic mass is 10.00. The molecule has 0 saturated heterocycles. The molecule has 2 N–H and O–H groups in total. The van der Waals surface area contributed by atoms with Gasteiger partial charge in [-0.3, -0.25) is 0 Å². The Hall–Kier alpha value is -2.17. The molecule has 1 unspecified atom stereocenters. The molecule has 0 aliphatic carbocycles. The van der Waals surface area contributed by atoms with Gasteiger partial charge >= 0.3 is 23.9 Å². The SMILES string of the molecule is C[C@H](C#CC(O)[C@H](C)CCOCc1ccc(OCCCC(F)(F)C(F)(F)C(F)(F)C(F)(F)F)cc1)CO. The second kappa shape index (κ2) is 13.6. The van der Waals surface area contributed by atoms with E-state index in [2.05, 4.69) is 11.8 Å². The average Bonchev–Trinajstić information content (AvgIpc) is 2.82. The summed E-state index contributed by atoms with van der Waals surface area (Å²) in [7, 11) is 0. The van der Waals surface area contributed by atoms with Crippen LogP contribution in [0.3, 0.4) is 0 Å². The average molecular weight is 552 g/mol. The van der Waals surface area contributed by atoms with E-state index in [1.165, 1.54) is 12.1 Å². The zero-order chi connectivity index (χ0) is 28.5. The van der Waals surface area contributed by atoms with Crippen LogP contribution in [0.25, 0.3) is 0 Å². The van der Waals surface area contributed by atoms with E-state index in [9.17, 15) is 44.6 Å². The minimum Gasteiger partial charge on any atom is -0.494 e. The van der Waals surface area contributed by atoms with Crippen molar-refractivity contribution in [2.24, 2.45) is 11.8 Å². The molecule has 0 saturated carbocycles. The van der Waals surface area contributed by atoms with Gasteiger partial charge in [-0.1, -0.05) is 30.9 Å². The summed E-state index contributed by atoms with van der Waals surface area (Å²) in [6, 6.07) is 5.94. The highest BCUT2D eigenvalue weighted by Gasteiger charge is 2.81. The van der Waals surface area contributed by atoms with Crippen LogP contribution in [0.2, 0.25) is 0 Å². The van der Waals surface area contributed by atoms with Crippen LogP contribution >= 0.6 is 0 Å². The van der Waals surface area contributed by atoms with Crippen LogP contribution < -0.4 is 4.74 Å². The standard InChI is InChI=1S/C24H29F9O4/c1-16(14-34)4-9-20(35)17(2)10-13-36-15-18-5-7-19(8-6-18)37-12-3-11-21(25,26)22(27,28)23(29,30)24(31,32)33/h5-8,16-17,20,34-35H,3,10-15H2,1-2H3/t16-,17-,20?/m1/s1. The van der Waals surface area contributed by atoms with Gasteiger partial charge in [0.25, 0.3) is 0 Å². The first-order chi connectivity index (χ1) is 17.0. The van der Waals surface area contributed by atoms with Gasteiger partial charge in [-0.15, -0.1) is 0 Å². The zero-order valence-electron chi connectivity index (χ0n) is 20.1. The Morgan fingerprint density at radius 2 is 1.46 bits per heavy atom. The van der Waals surface area contributed by atoms with E-state index in [-0.39, 0.29) is 30.8 Å². The van der Waals surface area contributed by atoms with Gasteiger partial charge < -0.3 is 19.7 Å². The highest BCUT2D eigenvalue weighted by atomic mass is 19.4. The minimum absolute atomic E-state index is 0.108. The van der Waals surface area contributed by atoms with Crippen molar-refractivity contribution in [2.75, 3.05) is 19.8 Å². The van der Waals surface area contributed by atoms with E-state index in [1.807, 2.05) is 0 Å². The van der Waals surface area contributed by atoms with E-state index in [1.54, 1.807) is 26.0 Å². The van der Waals surface area contributed by atoms with Crippen LogP contribution in [0.1, 0.15) is 38.7 Å². The number of rotatable bonds is 14. The smallest absolute Gasteiger partial charge is 0.460 e. The molecule has 1 aromatic rings. The molecule has 3 atom stereocenters. The summed E-state index contributed by atoms with van der Waals surface area (Å²) in [5.41, 5.74) is 0.692. The Bertz CT molecular complexity index is 877. The summed E-state index contributed by atoms with van der Waals surface area (Å²) in [4.78, 5) is 0. The maximum Gasteiger partial charge on any atom is 0.460 e. The monoisotopic (exact) mass is 552 g/mol. The normalized spacial score (nSPS) is 15.5. The summed E-state index contributed by atoms with van der Waals surface area (Å²) in [5, 5.41) is 18.9. The summed E-state index contributed by atoms with van der Waals surface area (Å²) in [6.07, 6.45) is -10.1. The summed E-state index contributed by atoms with van der Waals surface area (Å²) < 4.78 is 126. The quantitative estimate of drug-likeness (QED) is 0.173. The van der Waals surface area contributed by atoms with Gasteiger partial charge in [0.05, 0.1) is 19.8 Å². The van der Waals surface area contributed by atoms with Gasteiger partial charge in [0.1, 0.15) is 11.9 Å². The lowest BCUT2D eigenvalue weighted by molar-refractivity contribution is -0.396. The maximum absolute atomic E-state index is 13.5. The number of alkyl halides is 9. The van der Waals surface area contributed by atoms with Crippen molar-refractivity contribution in [1.29, 1.82) is 0 Å². The van der Waals surface area contributed by atoms with Crippen LogP contribution in [0, 0.1) is 23.7 Å². The first-order valence-electron chi connectivity index (χ1n) is 11.3. The van der Waals surface area contributed by atoms with Gasteiger partial charge in [0.2, 0.25) is 0 Å². The fourth-order valence-electron chi connectivity index (χ4n) is 2.76. The number of aliphatic hydroxyl groups is 2. The van der Waals surface area contributed by atoms with Crippen molar-refractivity contribution < 1.29 is 59.2 Å². The summed E-state index contributed by atoms with van der Waals surface area (Å²) >= 11 is 0. The first kappa shape index (κ1) is 32.9. The topological polar surface area (TPSA) is 58.9 Å². The number of hydrogen-bond acceptors (Lipinski definition) is 4. The molecule has 1 aromatic carbocycles. The number of benzene rings is 1. The number of ether oxygens (including phenoxy) is 2. The third kappa shape index (κ3) is 9.26. The molecule has 1 rings (SSSR count). The molecular weight excluding hydrogens is 523 g/mol. The largest absolute Gasteiger partial charge is 0.494 e. The van der Waals surface area contributed by atoms with Crippen LogP contribution in [0.4, 0.5) is 39.5 Å². The van der Waals surface area contributed by atoms with Crippen LogP contribution in [0.5, 0.6) is 5.75 Å². The molecule has 13 heteroatoms. The van der Waals surface area contributed by atoms with Crippen molar-refractivity contribution in [3.05, 3.63) is 29.8 Å². The highest BCUT2D eigenvalue weighted by molar-refractivity contribution is 5.26. The van der Waals surface area contributed by atoms with Crippen molar-refractivity contribution in [2.45, 2.75) is 69.8 Å². The second-order valence-electron chi connectivity index (χ2n) is 8.58. The van der Waals surface area contributed by atoms with Crippen molar-refractivity contribution >= 4 is 0 Å². The van der Waals surface area contributed by atoms with Crippen molar-refractivity contribution in [3.8, 4) is 17.6 Å². The van der Waals surface area contributed by atoms with E-state index in [4.69, 9.17) is 14.6 Å². The van der Waals surface area contributed by atoms with Crippen LogP contribution in [-0.2, 0) is 11.3 Å². The lowest BCUT2D eigenvalue weighted by Crippen LogP contribution is -2.60. The van der Waals surface area contributed by atoms with Gasteiger partial charge in [-0.05, 0) is 43.4 Å². The third-order valence-electron chi connectivity index (χ3n) is 5.31. The Morgan fingerprint density at radius 3 is 2.00 bits per heavy atom. The van der Waals surface area contributed by atoms with Crippen LogP contribution in [0.15, 0.2) is 24.3 Å². The van der Waals surface area contributed by atoms with Crippen molar-refractivity contribution in [1.82, 2.24) is 0 Å². The Kier molecular flexibility index (Phi) is 12.1. The van der Waals surface area contributed by atoms with Gasteiger partial charge in [0, 0.05) is 18.9 Å². The predicted molar refractivity (Wildman–Crippen MR) is 116 cm³/mol. The fraction of sp³-hybridized carbons (Fsp3) is 0.667. The molecule has 212 valence electrons. The van der Waals surface area contributed by atoms with E-state index < -0.39 is 49.5 Å². The minimum atomic E-state index is -6.90. The molecule has 0 aliphatic rings. The molecule has 0 amide bonds. The molecule has 0 heterocycles. The molecular formula is C24H29F9O4. The zero-order valence-corrected chi connectivity index (χ0v) is 20.1. The maximum atomic E-state index is 13.5. The molecule has 0 bridgehead atoms. The molecule has 4 nitrogen and oxygen atoms in total. The molecule has 0 fully saturated rings. The summed E-state index contributed by atoms with van der Waals surface area (Å²) in [6.45, 7) is 3.26. The number of aliphatic hydroxyl groups excluding tert-OH is 2. The molecule has 0 spiro atoms. The molecule has 0 radical (unpaired) electrons. The fourth-order valence-corrected chi connectivity index (χ4v) is 2.76. The molecule has 37 heavy (non-hydrogen) atoms. The molecule has 0 aliphatic heterocycles. The second-order valence-corrected chi connectivity index (χ2v) is 8.58. The summed E-state index contributed by atoms with van der Waals surface area (Å²) in [5.74, 6) is -14.0. The van der Waals surface area contributed by atoms with Crippen LogP contribution in [-0.4, -0.2) is 60.1 Å². The highest BCUT2D eigenvalue weighted by Crippen LogP contribution is 2.54. The van der Waals surface area contributed by atoms with Gasteiger partial charge in [-0.2, -0.15) is 39.5 Å². The Labute approximate surface area is 208 Å². The predicted octanol–water partition coefficient (Wildman–Crippen LogP) is 5.85. The van der Waals surface area contributed by atoms with E-state index >= 15 is 0 Å². The van der Waals surface area contributed by atoms with E-state index in [0.717, 1.165) is 0 Å². The molecule has 0 aromatic heterocycles.